The highest BCUT2D eigenvalue weighted by atomic mass is 14.6. The Morgan fingerprint density at radius 3 is 2.23 bits per heavy atom. The number of hydrogen-bond acceptors (Lipinski definition) is 0. The highest BCUT2D eigenvalue weighted by Crippen LogP contribution is 2.62. The van der Waals surface area contributed by atoms with Crippen molar-refractivity contribution in [3.63, 3.8) is 0 Å². The van der Waals surface area contributed by atoms with Gasteiger partial charge >= 0.3 is 0 Å². The molecule has 2 rings (SSSR count). The van der Waals surface area contributed by atoms with Crippen LogP contribution in [0.5, 0.6) is 0 Å². The molecule has 0 radical (unpaired) electrons. The second kappa shape index (κ2) is 11.4. The fraction of sp³-hybridized carbons (Fsp3) is 0.867. The number of rotatable bonds is 13. The molecule has 0 saturated heterocycles. The molecular formula is C30H54. The van der Waals surface area contributed by atoms with E-state index in [1.165, 1.54) is 69.8 Å². The van der Waals surface area contributed by atoms with Gasteiger partial charge in [-0.2, -0.15) is 0 Å². The van der Waals surface area contributed by atoms with Crippen LogP contribution in [0, 0.1) is 46.8 Å². The maximum Gasteiger partial charge on any atom is -0.0149 e. The van der Waals surface area contributed by atoms with Crippen LogP contribution in [-0.2, 0) is 0 Å². The maximum atomic E-state index is 4.66. The standard InChI is InChI=1S/C30H54/c1-10-23(5)29(25(7)17-16-24(6)21(2)3)26(8)30(9)20-28(30)19-22(4)15-18-27-13-11-12-14-27/h19,21,23-24,26-29H,7,10-18,20H2,1-6,8-9H3/t23?,24?,26?,28?,29-,30?/m0/s1. The topological polar surface area (TPSA) is 0 Å². The van der Waals surface area contributed by atoms with E-state index in [2.05, 4.69) is 68.0 Å². The molecule has 0 aromatic carbocycles. The number of allylic oxidation sites excluding steroid dienone is 3. The van der Waals surface area contributed by atoms with Gasteiger partial charge in [0, 0.05) is 0 Å². The molecule has 0 heteroatoms. The van der Waals surface area contributed by atoms with Crippen LogP contribution in [0.2, 0.25) is 0 Å². The van der Waals surface area contributed by atoms with Crippen molar-refractivity contribution < 1.29 is 0 Å². The predicted octanol–water partition coefficient (Wildman–Crippen LogP) is 9.86. The molecule has 0 N–H and O–H groups in total. The average Bonchev–Trinajstić information content (AvgIpc) is 3.10. The van der Waals surface area contributed by atoms with Crippen molar-refractivity contribution >= 4 is 0 Å². The molecule has 30 heavy (non-hydrogen) atoms. The summed E-state index contributed by atoms with van der Waals surface area (Å²) < 4.78 is 0. The van der Waals surface area contributed by atoms with E-state index in [1.54, 1.807) is 5.57 Å². The highest BCUT2D eigenvalue weighted by molar-refractivity contribution is 5.19. The lowest BCUT2D eigenvalue weighted by Gasteiger charge is -2.36. The molecule has 0 spiro atoms. The summed E-state index contributed by atoms with van der Waals surface area (Å²) in [5.74, 6) is 5.54. The summed E-state index contributed by atoms with van der Waals surface area (Å²) in [7, 11) is 0. The van der Waals surface area contributed by atoms with Gasteiger partial charge < -0.3 is 0 Å². The fourth-order valence-corrected chi connectivity index (χ4v) is 6.17. The van der Waals surface area contributed by atoms with E-state index in [9.17, 15) is 0 Å². The van der Waals surface area contributed by atoms with Gasteiger partial charge in [-0.15, -0.1) is 0 Å². The Balaban J connectivity index is 1.96. The van der Waals surface area contributed by atoms with Gasteiger partial charge in [0.25, 0.3) is 0 Å². The van der Waals surface area contributed by atoms with Crippen LogP contribution in [0.4, 0.5) is 0 Å². The third-order valence-electron chi connectivity index (χ3n) is 9.62. The summed E-state index contributed by atoms with van der Waals surface area (Å²) in [6.07, 6.45) is 16.5. The molecular weight excluding hydrogens is 360 g/mol. The van der Waals surface area contributed by atoms with E-state index >= 15 is 0 Å². The summed E-state index contributed by atoms with van der Waals surface area (Å²) >= 11 is 0. The monoisotopic (exact) mass is 414 g/mol. The number of hydrogen-bond donors (Lipinski definition) is 0. The van der Waals surface area contributed by atoms with Crippen molar-refractivity contribution in [2.45, 2.75) is 120 Å². The Kier molecular flexibility index (Phi) is 9.76. The zero-order valence-corrected chi connectivity index (χ0v) is 21.9. The largest absolute Gasteiger partial charge is 0.0996 e. The van der Waals surface area contributed by atoms with E-state index in [4.69, 9.17) is 0 Å². The average molecular weight is 415 g/mol. The summed E-state index contributed by atoms with van der Waals surface area (Å²) in [6, 6.07) is 0. The third kappa shape index (κ3) is 6.74. The van der Waals surface area contributed by atoms with Crippen LogP contribution >= 0.6 is 0 Å². The molecule has 0 aliphatic heterocycles. The molecule has 0 aromatic rings. The van der Waals surface area contributed by atoms with Gasteiger partial charge in [0.2, 0.25) is 0 Å². The van der Waals surface area contributed by atoms with Crippen molar-refractivity contribution in [1.29, 1.82) is 0 Å². The molecule has 174 valence electrons. The first kappa shape index (κ1) is 25.7. The first-order valence-corrected chi connectivity index (χ1v) is 13.4. The van der Waals surface area contributed by atoms with Crippen LogP contribution < -0.4 is 0 Å². The molecule has 2 saturated carbocycles. The lowest BCUT2D eigenvalue weighted by Crippen LogP contribution is -2.28. The fourth-order valence-electron chi connectivity index (χ4n) is 6.17. The quantitative estimate of drug-likeness (QED) is 0.263. The lowest BCUT2D eigenvalue weighted by atomic mass is 9.69. The second-order valence-corrected chi connectivity index (χ2v) is 12.1. The van der Waals surface area contributed by atoms with Crippen LogP contribution in [0.3, 0.4) is 0 Å². The van der Waals surface area contributed by atoms with E-state index < -0.39 is 0 Å². The van der Waals surface area contributed by atoms with E-state index in [0.29, 0.717) is 11.3 Å². The normalized spacial score (nSPS) is 29.1. The van der Waals surface area contributed by atoms with Crippen molar-refractivity contribution in [2.24, 2.45) is 46.8 Å². The third-order valence-corrected chi connectivity index (χ3v) is 9.62. The van der Waals surface area contributed by atoms with Gasteiger partial charge in [0.1, 0.15) is 0 Å². The Labute approximate surface area is 190 Å². The van der Waals surface area contributed by atoms with E-state index in [0.717, 1.165) is 35.5 Å². The summed E-state index contributed by atoms with van der Waals surface area (Å²) in [4.78, 5) is 0. The molecule has 2 aliphatic rings. The van der Waals surface area contributed by atoms with Crippen LogP contribution in [-0.4, -0.2) is 0 Å². The van der Waals surface area contributed by atoms with Gasteiger partial charge in [-0.1, -0.05) is 104 Å². The summed E-state index contributed by atoms with van der Waals surface area (Å²) in [6.45, 7) is 24.2. The minimum Gasteiger partial charge on any atom is -0.0996 e. The van der Waals surface area contributed by atoms with Crippen molar-refractivity contribution in [1.82, 2.24) is 0 Å². The minimum atomic E-state index is 0.481. The van der Waals surface area contributed by atoms with Crippen molar-refractivity contribution in [2.75, 3.05) is 0 Å². The maximum absolute atomic E-state index is 4.66. The second-order valence-electron chi connectivity index (χ2n) is 12.1. The SMILES string of the molecule is C=C(CCC(C)C(C)C)[C@H](C(C)CC)C(C)C1(C)CC1C=C(C)CCC1CCCC1. The molecule has 6 atom stereocenters. The summed E-state index contributed by atoms with van der Waals surface area (Å²) in [5, 5.41) is 0. The smallest absolute Gasteiger partial charge is 0.0149 e. The van der Waals surface area contributed by atoms with Crippen molar-refractivity contribution in [3.05, 3.63) is 23.8 Å². The molecule has 0 amide bonds. The van der Waals surface area contributed by atoms with Gasteiger partial charge in [-0.05, 0) is 85.9 Å². The molecule has 0 heterocycles. The first-order valence-electron chi connectivity index (χ1n) is 13.4. The Morgan fingerprint density at radius 2 is 1.67 bits per heavy atom. The van der Waals surface area contributed by atoms with Gasteiger partial charge in [0.05, 0.1) is 0 Å². The molecule has 0 aromatic heterocycles. The molecule has 0 nitrogen and oxygen atoms in total. The lowest BCUT2D eigenvalue weighted by molar-refractivity contribution is 0.195. The highest BCUT2D eigenvalue weighted by Gasteiger charge is 2.54. The van der Waals surface area contributed by atoms with Gasteiger partial charge in [-0.25, -0.2) is 0 Å². The summed E-state index contributed by atoms with van der Waals surface area (Å²) in [5.41, 5.74) is 3.68. The zero-order valence-electron chi connectivity index (χ0n) is 21.9. The van der Waals surface area contributed by atoms with E-state index in [1.807, 2.05) is 0 Å². The Hall–Kier alpha value is -0.520. The minimum absolute atomic E-state index is 0.481. The molecule has 2 fully saturated rings. The van der Waals surface area contributed by atoms with Crippen LogP contribution in [0.15, 0.2) is 23.8 Å². The molecule has 2 aliphatic carbocycles. The van der Waals surface area contributed by atoms with Gasteiger partial charge in [-0.3, -0.25) is 0 Å². The van der Waals surface area contributed by atoms with Crippen LogP contribution in [0.1, 0.15) is 120 Å². The molecule has 5 unspecified atom stereocenters. The molecule has 0 bridgehead atoms. The van der Waals surface area contributed by atoms with Crippen molar-refractivity contribution in [3.8, 4) is 0 Å². The van der Waals surface area contributed by atoms with Crippen LogP contribution in [0.25, 0.3) is 0 Å². The first-order chi connectivity index (χ1) is 14.1. The van der Waals surface area contributed by atoms with E-state index in [-0.39, 0.29) is 0 Å². The zero-order chi connectivity index (χ0) is 22.5. The van der Waals surface area contributed by atoms with Gasteiger partial charge in [0.15, 0.2) is 0 Å². The Bertz CT molecular complexity index is 561. The Morgan fingerprint density at radius 1 is 1.03 bits per heavy atom. The predicted molar refractivity (Wildman–Crippen MR) is 136 cm³/mol.